The Bertz CT molecular complexity index is 103. The van der Waals surface area contributed by atoms with Gasteiger partial charge in [-0.3, -0.25) is 0 Å². The van der Waals surface area contributed by atoms with Crippen LogP contribution in [0.25, 0.3) is 0 Å². The molecule has 0 atom stereocenters. The normalized spacial score (nSPS) is 11.7. The Kier molecular flexibility index (Phi) is 7.68. The summed E-state index contributed by atoms with van der Waals surface area (Å²) in [5.41, 5.74) is 0. The lowest BCUT2D eigenvalue weighted by Gasteiger charge is -1.85. The molecule has 58 valence electrons. The van der Waals surface area contributed by atoms with Crippen LogP contribution in [-0.4, -0.2) is 5.11 Å². The van der Waals surface area contributed by atoms with Crippen LogP contribution >= 0.6 is 0 Å². The van der Waals surface area contributed by atoms with Crippen molar-refractivity contribution < 1.29 is 5.11 Å². The number of hydrogen-bond donors (Lipinski definition) is 1. The summed E-state index contributed by atoms with van der Waals surface area (Å²) >= 11 is 0. The second kappa shape index (κ2) is 8.28. The third-order valence-corrected chi connectivity index (χ3v) is 1.23. The van der Waals surface area contributed by atoms with Crippen molar-refractivity contribution in [1.29, 1.82) is 0 Å². The van der Waals surface area contributed by atoms with Crippen LogP contribution in [0.4, 0.5) is 0 Å². The van der Waals surface area contributed by atoms with Crippen LogP contribution in [0.5, 0.6) is 0 Å². The number of aliphatic hydroxyl groups is 1. The lowest BCUT2D eigenvalue weighted by atomic mass is 10.2. The summed E-state index contributed by atoms with van der Waals surface area (Å²) in [5, 5.41) is 8.26. The standard InChI is InChI=1S/C9H16O/c1-2-3-4-5-6-7-8-9-10/h4-5,8-10H,2-3,6-7H2,1H3/b5-4+,9-8+. The zero-order valence-corrected chi connectivity index (χ0v) is 6.59. The minimum absolute atomic E-state index is 0.941. The Morgan fingerprint density at radius 3 is 2.20 bits per heavy atom. The first-order chi connectivity index (χ1) is 4.91. The summed E-state index contributed by atoms with van der Waals surface area (Å²) in [4.78, 5) is 0. The zero-order valence-electron chi connectivity index (χ0n) is 6.59. The molecule has 1 heteroatoms. The molecule has 1 nitrogen and oxygen atoms in total. The molecule has 0 aliphatic rings. The number of aliphatic hydroxyl groups excluding tert-OH is 1. The monoisotopic (exact) mass is 140 g/mol. The van der Waals surface area contributed by atoms with Gasteiger partial charge in [-0.25, -0.2) is 0 Å². The van der Waals surface area contributed by atoms with Gasteiger partial charge in [-0.2, -0.15) is 0 Å². The number of allylic oxidation sites excluding steroid dienone is 3. The molecule has 0 amide bonds. The van der Waals surface area contributed by atoms with Gasteiger partial charge in [0.15, 0.2) is 0 Å². The molecule has 0 saturated carbocycles. The van der Waals surface area contributed by atoms with Crippen molar-refractivity contribution in [1.82, 2.24) is 0 Å². The van der Waals surface area contributed by atoms with E-state index in [9.17, 15) is 0 Å². The van der Waals surface area contributed by atoms with Crippen molar-refractivity contribution in [3.63, 3.8) is 0 Å². The molecular formula is C9H16O. The lowest BCUT2D eigenvalue weighted by molar-refractivity contribution is 0.471. The van der Waals surface area contributed by atoms with Crippen molar-refractivity contribution in [2.24, 2.45) is 0 Å². The van der Waals surface area contributed by atoms with Gasteiger partial charge in [0.25, 0.3) is 0 Å². The smallest absolute Gasteiger partial charge is 0.0751 e. The summed E-state index contributed by atoms with van der Waals surface area (Å²) in [6.07, 6.45) is 11.6. The van der Waals surface area contributed by atoms with E-state index in [0.29, 0.717) is 0 Å². The molecule has 0 heterocycles. The molecule has 0 aromatic carbocycles. The molecule has 0 aromatic heterocycles. The van der Waals surface area contributed by atoms with E-state index in [1.54, 1.807) is 6.08 Å². The first-order valence-corrected chi connectivity index (χ1v) is 3.86. The predicted molar refractivity (Wildman–Crippen MR) is 45.1 cm³/mol. The molecule has 0 aliphatic carbocycles. The minimum Gasteiger partial charge on any atom is -0.516 e. The fourth-order valence-corrected chi connectivity index (χ4v) is 0.669. The highest BCUT2D eigenvalue weighted by Gasteiger charge is 1.75. The zero-order chi connectivity index (χ0) is 7.66. The van der Waals surface area contributed by atoms with Gasteiger partial charge in [0.05, 0.1) is 6.26 Å². The molecule has 0 unspecified atom stereocenters. The lowest BCUT2D eigenvalue weighted by Crippen LogP contribution is -1.65. The highest BCUT2D eigenvalue weighted by atomic mass is 16.2. The summed E-state index contributed by atoms with van der Waals surface area (Å²) in [5.74, 6) is 0. The Labute approximate surface area is 63.1 Å². The quantitative estimate of drug-likeness (QED) is 0.353. The maximum Gasteiger partial charge on any atom is 0.0751 e. The Balaban J connectivity index is 3.02. The predicted octanol–water partition coefficient (Wildman–Crippen LogP) is 3.19. The molecule has 0 aliphatic heterocycles. The van der Waals surface area contributed by atoms with Crippen molar-refractivity contribution in [3.8, 4) is 0 Å². The summed E-state index contributed by atoms with van der Waals surface area (Å²) in [7, 11) is 0. The molecule has 10 heavy (non-hydrogen) atoms. The highest BCUT2D eigenvalue weighted by molar-refractivity contribution is 4.84. The Morgan fingerprint density at radius 1 is 1.00 bits per heavy atom. The molecule has 0 fully saturated rings. The van der Waals surface area contributed by atoms with E-state index >= 15 is 0 Å². The van der Waals surface area contributed by atoms with Gasteiger partial charge in [0.2, 0.25) is 0 Å². The van der Waals surface area contributed by atoms with Crippen molar-refractivity contribution in [2.75, 3.05) is 0 Å². The number of rotatable bonds is 5. The largest absolute Gasteiger partial charge is 0.516 e. The maximum atomic E-state index is 8.26. The fourth-order valence-electron chi connectivity index (χ4n) is 0.669. The van der Waals surface area contributed by atoms with E-state index in [2.05, 4.69) is 19.1 Å². The highest BCUT2D eigenvalue weighted by Crippen LogP contribution is 1.95. The molecule has 0 radical (unpaired) electrons. The van der Waals surface area contributed by atoms with Crippen LogP contribution in [0.15, 0.2) is 24.5 Å². The van der Waals surface area contributed by atoms with Gasteiger partial charge in [-0.1, -0.05) is 25.5 Å². The summed E-state index contributed by atoms with van der Waals surface area (Å²) in [6.45, 7) is 2.16. The first kappa shape index (κ1) is 9.28. The number of unbranched alkanes of at least 4 members (excludes halogenated alkanes) is 2. The van der Waals surface area contributed by atoms with Crippen LogP contribution in [-0.2, 0) is 0 Å². The van der Waals surface area contributed by atoms with Crippen LogP contribution in [0, 0.1) is 0 Å². The molecular weight excluding hydrogens is 124 g/mol. The Morgan fingerprint density at radius 2 is 1.60 bits per heavy atom. The Hall–Kier alpha value is -0.720. The van der Waals surface area contributed by atoms with Crippen LogP contribution < -0.4 is 0 Å². The van der Waals surface area contributed by atoms with E-state index in [4.69, 9.17) is 5.11 Å². The number of hydrogen-bond acceptors (Lipinski definition) is 1. The fraction of sp³-hybridized carbons (Fsp3) is 0.556. The average molecular weight is 140 g/mol. The van der Waals surface area contributed by atoms with Crippen molar-refractivity contribution >= 4 is 0 Å². The summed E-state index contributed by atoms with van der Waals surface area (Å²) < 4.78 is 0. The van der Waals surface area contributed by atoms with Crippen LogP contribution in [0.3, 0.4) is 0 Å². The topological polar surface area (TPSA) is 20.2 Å². The van der Waals surface area contributed by atoms with Gasteiger partial charge in [0, 0.05) is 0 Å². The van der Waals surface area contributed by atoms with Gasteiger partial charge in [0.1, 0.15) is 0 Å². The minimum atomic E-state index is 0.941. The molecule has 1 N–H and O–H groups in total. The molecule has 0 spiro atoms. The third-order valence-electron chi connectivity index (χ3n) is 1.23. The maximum absolute atomic E-state index is 8.26. The van der Waals surface area contributed by atoms with Gasteiger partial charge in [-0.05, 0) is 25.3 Å². The molecule has 0 aromatic rings. The molecule has 0 rings (SSSR count). The van der Waals surface area contributed by atoms with E-state index in [1.165, 1.54) is 12.8 Å². The van der Waals surface area contributed by atoms with Crippen molar-refractivity contribution in [3.05, 3.63) is 24.5 Å². The van der Waals surface area contributed by atoms with Gasteiger partial charge < -0.3 is 5.11 Å². The van der Waals surface area contributed by atoms with E-state index < -0.39 is 0 Å². The molecule has 0 bridgehead atoms. The van der Waals surface area contributed by atoms with Crippen LogP contribution in [0.2, 0.25) is 0 Å². The second-order valence-corrected chi connectivity index (χ2v) is 2.22. The van der Waals surface area contributed by atoms with E-state index in [1.807, 2.05) is 0 Å². The van der Waals surface area contributed by atoms with Gasteiger partial charge in [-0.15, -0.1) is 0 Å². The van der Waals surface area contributed by atoms with E-state index in [-0.39, 0.29) is 0 Å². The average Bonchev–Trinajstić information content (AvgIpc) is 1.97. The first-order valence-electron chi connectivity index (χ1n) is 3.86. The van der Waals surface area contributed by atoms with Crippen LogP contribution in [0.1, 0.15) is 32.6 Å². The third kappa shape index (κ3) is 7.28. The molecule has 0 saturated heterocycles. The SMILES string of the molecule is CCC/C=C/CC/C=C/O. The van der Waals surface area contributed by atoms with Crippen molar-refractivity contribution in [2.45, 2.75) is 32.6 Å². The van der Waals surface area contributed by atoms with E-state index in [0.717, 1.165) is 19.1 Å². The van der Waals surface area contributed by atoms with Gasteiger partial charge >= 0.3 is 0 Å². The summed E-state index contributed by atoms with van der Waals surface area (Å²) in [6, 6.07) is 0. The second-order valence-electron chi connectivity index (χ2n) is 2.22.